The summed E-state index contributed by atoms with van der Waals surface area (Å²) in [5, 5.41) is 3.74. The number of hydrogen-bond donors (Lipinski definition) is 0. The van der Waals surface area contributed by atoms with E-state index in [2.05, 4.69) is 10.1 Å². The lowest BCUT2D eigenvalue weighted by molar-refractivity contribution is 0.403. The van der Waals surface area contributed by atoms with Crippen molar-refractivity contribution < 1.29 is 9.26 Å². The van der Waals surface area contributed by atoms with Crippen molar-refractivity contribution in [2.75, 3.05) is 7.11 Å². The zero-order valence-corrected chi connectivity index (χ0v) is 9.78. The topological polar surface area (TPSA) is 48.2 Å². The Balaban J connectivity index is 2.49. The summed E-state index contributed by atoms with van der Waals surface area (Å²) in [6.07, 6.45) is 0. The Morgan fingerprint density at radius 2 is 2.25 bits per heavy atom. The number of alkyl halides is 1. The zero-order chi connectivity index (χ0) is 11.5. The summed E-state index contributed by atoms with van der Waals surface area (Å²) < 4.78 is 10.4. The van der Waals surface area contributed by atoms with Crippen LogP contribution in [0.25, 0.3) is 11.5 Å². The molecule has 0 amide bonds. The molecule has 2 aromatic rings. The van der Waals surface area contributed by atoms with Crippen LogP contribution in [0.5, 0.6) is 5.75 Å². The summed E-state index contributed by atoms with van der Waals surface area (Å²) in [5.74, 6) is 1.84. The minimum Gasteiger partial charge on any atom is -0.496 e. The number of halogens is 1. The third-order valence-corrected chi connectivity index (χ3v) is 2.41. The molecule has 1 aromatic heterocycles. The molecule has 1 aromatic carbocycles. The van der Waals surface area contributed by atoms with Crippen LogP contribution in [0.4, 0.5) is 0 Å². The van der Waals surface area contributed by atoms with E-state index in [-0.39, 0.29) is 5.88 Å². The number of nitrogens with zero attached hydrogens (tertiary/aromatic N) is 2. The second kappa shape index (κ2) is 4.53. The summed E-state index contributed by atoms with van der Waals surface area (Å²) in [4.78, 5) is 4.16. The van der Waals surface area contributed by atoms with Crippen LogP contribution < -0.4 is 4.74 Å². The summed E-state index contributed by atoms with van der Waals surface area (Å²) in [5.41, 5.74) is 1.88. The molecule has 0 aliphatic heterocycles. The molecule has 4 nitrogen and oxygen atoms in total. The van der Waals surface area contributed by atoms with Gasteiger partial charge < -0.3 is 9.26 Å². The van der Waals surface area contributed by atoms with Gasteiger partial charge in [-0.05, 0) is 19.1 Å². The number of benzene rings is 1. The van der Waals surface area contributed by atoms with Crippen molar-refractivity contribution >= 4 is 11.6 Å². The van der Waals surface area contributed by atoms with Gasteiger partial charge in [0.2, 0.25) is 0 Å². The molecule has 0 aliphatic rings. The van der Waals surface area contributed by atoms with E-state index in [9.17, 15) is 0 Å². The molecule has 0 saturated heterocycles. The Bertz CT molecular complexity index is 496. The van der Waals surface area contributed by atoms with Crippen molar-refractivity contribution in [3.05, 3.63) is 29.6 Å². The van der Waals surface area contributed by atoms with Crippen molar-refractivity contribution in [3.63, 3.8) is 0 Å². The third-order valence-electron chi connectivity index (χ3n) is 2.17. The number of methoxy groups -OCH3 is 1. The first kappa shape index (κ1) is 11.0. The van der Waals surface area contributed by atoms with Gasteiger partial charge in [0.25, 0.3) is 5.89 Å². The molecule has 0 N–H and O–H groups in total. The van der Waals surface area contributed by atoms with Crippen LogP contribution in [0.3, 0.4) is 0 Å². The number of ether oxygens (including phenoxy) is 1. The van der Waals surface area contributed by atoms with Crippen molar-refractivity contribution in [1.82, 2.24) is 10.1 Å². The maximum Gasteiger partial charge on any atom is 0.261 e. The zero-order valence-electron chi connectivity index (χ0n) is 9.03. The van der Waals surface area contributed by atoms with E-state index in [1.807, 2.05) is 25.1 Å². The molecule has 0 unspecified atom stereocenters. The van der Waals surface area contributed by atoms with E-state index >= 15 is 0 Å². The first-order chi connectivity index (χ1) is 7.74. The molecular weight excluding hydrogens is 228 g/mol. The first-order valence-corrected chi connectivity index (χ1v) is 5.31. The van der Waals surface area contributed by atoms with Gasteiger partial charge in [0.15, 0.2) is 5.82 Å². The van der Waals surface area contributed by atoms with Crippen LogP contribution in [0, 0.1) is 6.92 Å². The highest BCUT2D eigenvalue weighted by atomic mass is 35.5. The van der Waals surface area contributed by atoms with Gasteiger partial charge in [-0.25, -0.2) is 0 Å². The molecule has 2 rings (SSSR count). The molecule has 0 radical (unpaired) electrons. The average Bonchev–Trinajstić information content (AvgIpc) is 2.77. The highest BCUT2D eigenvalue weighted by Gasteiger charge is 2.13. The Morgan fingerprint density at radius 1 is 1.44 bits per heavy atom. The van der Waals surface area contributed by atoms with Gasteiger partial charge in [0, 0.05) is 0 Å². The Labute approximate surface area is 98.2 Å². The van der Waals surface area contributed by atoms with Crippen LogP contribution in [0.2, 0.25) is 0 Å². The fourth-order valence-electron chi connectivity index (χ4n) is 1.41. The third kappa shape index (κ3) is 2.02. The molecule has 0 saturated carbocycles. The van der Waals surface area contributed by atoms with E-state index < -0.39 is 0 Å². The second-order valence-corrected chi connectivity index (χ2v) is 3.62. The minimum atomic E-state index is 0.234. The number of hydrogen-bond acceptors (Lipinski definition) is 4. The lowest BCUT2D eigenvalue weighted by Gasteiger charge is -2.05. The molecule has 0 aliphatic carbocycles. The molecule has 5 heteroatoms. The van der Waals surface area contributed by atoms with Crippen LogP contribution in [0.15, 0.2) is 22.7 Å². The van der Waals surface area contributed by atoms with Gasteiger partial charge in [-0.15, -0.1) is 11.6 Å². The fourth-order valence-corrected chi connectivity index (χ4v) is 1.52. The van der Waals surface area contributed by atoms with Crippen molar-refractivity contribution in [2.45, 2.75) is 12.8 Å². The summed E-state index contributed by atoms with van der Waals surface area (Å²) in [6.45, 7) is 1.99. The average molecular weight is 239 g/mol. The Hall–Kier alpha value is -1.55. The highest BCUT2D eigenvalue weighted by Crippen LogP contribution is 2.29. The molecule has 1 heterocycles. The van der Waals surface area contributed by atoms with Gasteiger partial charge >= 0.3 is 0 Å². The quantitative estimate of drug-likeness (QED) is 0.772. The van der Waals surface area contributed by atoms with Gasteiger partial charge in [0.1, 0.15) is 5.75 Å². The number of aryl methyl sites for hydroxylation is 1. The van der Waals surface area contributed by atoms with E-state index in [1.54, 1.807) is 7.11 Å². The monoisotopic (exact) mass is 238 g/mol. The van der Waals surface area contributed by atoms with Crippen LogP contribution in [-0.2, 0) is 5.88 Å². The normalized spacial score (nSPS) is 10.4. The maximum atomic E-state index is 5.62. The van der Waals surface area contributed by atoms with E-state index in [4.69, 9.17) is 20.9 Å². The predicted octanol–water partition coefficient (Wildman–Crippen LogP) is 2.79. The van der Waals surface area contributed by atoms with Crippen molar-refractivity contribution in [1.29, 1.82) is 0 Å². The number of aromatic nitrogens is 2. The lowest BCUT2D eigenvalue weighted by Crippen LogP contribution is -1.89. The maximum absolute atomic E-state index is 5.62. The summed E-state index contributed by atoms with van der Waals surface area (Å²) >= 11 is 5.62. The molecular formula is C11H11ClN2O2. The van der Waals surface area contributed by atoms with Crippen LogP contribution in [-0.4, -0.2) is 17.3 Å². The molecule has 16 heavy (non-hydrogen) atoms. The minimum absolute atomic E-state index is 0.234. The molecule has 0 spiro atoms. The predicted molar refractivity (Wildman–Crippen MR) is 60.6 cm³/mol. The largest absolute Gasteiger partial charge is 0.496 e. The Morgan fingerprint density at radius 3 is 2.88 bits per heavy atom. The summed E-state index contributed by atoms with van der Waals surface area (Å²) in [7, 11) is 1.60. The van der Waals surface area contributed by atoms with E-state index in [0.29, 0.717) is 17.5 Å². The van der Waals surface area contributed by atoms with Gasteiger partial charge in [-0.3, -0.25) is 0 Å². The van der Waals surface area contributed by atoms with E-state index in [0.717, 1.165) is 11.1 Å². The smallest absolute Gasteiger partial charge is 0.261 e. The summed E-state index contributed by atoms with van der Waals surface area (Å²) in [6, 6.07) is 5.76. The molecule has 0 fully saturated rings. The Kier molecular flexibility index (Phi) is 3.10. The molecule has 0 atom stereocenters. The SMILES string of the molecule is COc1ccc(C)cc1-c1nc(CCl)no1. The van der Waals surface area contributed by atoms with Crippen LogP contribution >= 0.6 is 11.6 Å². The lowest BCUT2D eigenvalue weighted by atomic mass is 10.1. The number of rotatable bonds is 3. The molecule has 84 valence electrons. The second-order valence-electron chi connectivity index (χ2n) is 3.35. The van der Waals surface area contributed by atoms with Crippen LogP contribution in [0.1, 0.15) is 11.4 Å². The van der Waals surface area contributed by atoms with Gasteiger partial charge in [-0.2, -0.15) is 4.98 Å². The van der Waals surface area contributed by atoms with Gasteiger partial charge in [0.05, 0.1) is 18.6 Å². The fraction of sp³-hybridized carbons (Fsp3) is 0.273. The highest BCUT2D eigenvalue weighted by molar-refractivity contribution is 6.16. The molecule has 0 bridgehead atoms. The van der Waals surface area contributed by atoms with Crippen molar-refractivity contribution in [3.8, 4) is 17.2 Å². The van der Waals surface area contributed by atoms with Gasteiger partial charge in [-0.1, -0.05) is 16.8 Å². The van der Waals surface area contributed by atoms with Crippen molar-refractivity contribution in [2.24, 2.45) is 0 Å². The first-order valence-electron chi connectivity index (χ1n) is 4.78. The standard InChI is InChI=1S/C11H11ClN2O2/c1-7-3-4-9(15-2)8(5-7)11-13-10(6-12)14-16-11/h3-5H,6H2,1-2H3. The van der Waals surface area contributed by atoms with E-state index in [1.165, 1.54) is 0 Å².